The van der Waals surface area contributed by atoms with Gasteiger partial charge in [-0.3, -0.25) is 9.78 Å². The smallest absolute Gasteiger partial charge is 0.259 e. The van der Waals surface area contributed by atoms with Crippen molar-refractivity contribution in [3.05, 3.63) is 47.3 Å². The van der Waals surface area contributed by atoms with Gasteiger partial charge in [-0.15, -0.1) is 0 Å². The molecule has 0 radical (unpaired) electrons. The van der Waals surface area contributed by atoms with E-state index >= 15 is 0 Å². The number of pyridine rings is 2. The van der Waals surface area contributed by atoms with Crippen LogP contribution in [-0.2, 0) is 0 Å². The van der Waals surface area contributed by atoms with Gasteiger partial charge in [-0.05, 0) is 43.2 Å². The summed E-state index contributed by atoms with van der Waals surface area (Å²) >= 11 is 0. The fourth-order valence-corrected chi connectivity index (χ4v) is 3.29. The highest BCUT2D eigenvalue weighted by molar-refractivity contribution is 5.93. The summed E-state index contributed by atoms with van der Waals surface area (Å²) < 4.78 is 0. The van der Waals surface area contributed by atoms with Crippen LogP contribution in [0.15, 0.2) is 41.7 Å². The van der Waals surface area contributed by atoms with Crippen molar-refractivity contribution in [1.82, 2.24) is 19.9 Å². The second-order valence-electron chi connectivity index (χ2n) is 6.49. The van der Waals surface area contributed by atoms with Gasteiger partial charge in [-0.1, -0.05) is 0 Å². The molecule has 26 heavy (non-hydrogen) atoms. The zero-order valence-electron chi connectivity index (χ0n) is 14.1. The molecule has 3 aromatic heterocycles. The fraction of sp³-hybridized carbons (Fsp3) is 0.333. The van der Waals surface area contributed by atoms with E-state index in [9.17, 15) is 9.90 Å². The Balaban J connectivity index is 1.70. The van der Waals surface area contributed by atoms with Gasteiger partial charge < -0.3 is 20.7 Å². The Hall–Kier alpha value is -3.00. The minimum atomic E-state index is -0.231. The first-order chi connectivity index (χ1) is 12.7. The number of hydrogen-bond acceptors (Lipinski definition) is 7. The zero-order valence-corrected chi connectivity index (χ0v) is 14.1. The molecule has 1 aliphatic rings. The molecule has 1 aliphatic carbocycles. The van der Waals surface area contributed by atoms with Crippen molar-refractivity contribution in [2.45, 2.75) is 37.8 Å². The summed E-state index contributed by atoms with van der Waals surface area (Å²) in [7, 11) is 0. The van der Waals surface area contributed by atoms with Crippen LogP contribution in [0.3, 0.4) is 0 Å². The van der Waals surface area contributed by atoms with Gasteiger partial charge in [0.2, 0.25) is 0 Å². The third-order valence-corrected chi connectivity index (χ3v) is 4.61. The Morgan fingerprint density at radius 2 is 2.00 bits per heavy atom. The molecule has 3 aromatic rings. The van der Waals surface area contributed by atoms with Crippen molar-refractivity contribution >= 4 is 28.2 Å². The number of aromatic amines is 1. The van der Waals surface area contributed by atoms with E-state index in [0.29, 0.717) is 22.8 Å². The molecular weight excluding hydrogens is 332 g/mol. The number of aliphatic hydroxyl groups excluding tert-OH is 1. The van der Waals surface area contributed by atoms with Crippen LogP contribution in [0.4, 0.5) is 17.5 Å². The molecule has 0 bridgehead atoms. The summed E-state index contributed by atoms with van der Waals surface area (Å²) in [5.74, 6) is 1.70. The number of aliphatic hydroxyl groups is 1. The molecule has 4 N–H and O–H groups in total. The van der Waals surface area contributed by atoms with Crippen molar-refractivity contribution in [2.75, 3.05) is 10.6 Å². The van der Waals surface area contributed by atoms with Gasteiger partial charge >= 0.3 is 0 Å². The third kappa shape index (κ3) is 3.50. The van der Waals surface area contributed by atoms with Crippen LogP contribution >= 0.6 is 0 Å². The molecule has 0 unspecified atom stereocenters. The molecule has 0 amide bonds. The zero-order chi connectivity index (χ0) is 17.9. The molecule has 1 fully saturated rings. The van der Waals surface area contributed by atoms with Crippen LogP contribution in [-0.4, -0.2) is 37.2 Å². The Morgan fingerprint density at radius 1 is 1.15 bits per heavy atom. The Kier molecular flexibility index (Phi) is 4.49. The first-order valence-electron chi connectivity index (χ1n) is 8.69. The third-order valence-electron chi connectivity index (χ3n) is 4.61. The molecule has 0 aliphatic heterocycles. The lowest BCUT2D eigenvalue weighted by atomic mass is 9.93. The number of hydrogen-bond donors (Lipinski definition) is 4. The fourth-order valence-electron chi connectivity index (χ4n) is 3.29. The standard InChI is InChI=1S/C18H20N6O2/c25-13-3-1-12(2-4-13)22-17-16-11(5-6-21-18(16)26)9-14(24-17)23-15-10-19-7-8-20-15/h5-10,12-13,25H,1-4H2,(H,21,26)(H2,20,22,23,24)/t12-,13-. The average Bonchev–Trinajstić information content (AvgIpc) is 2.64. The van der Waals surface area contributed by atoms with Crippen LogP contribution in [0, 0.1) is 0 Å². The number of nitrogens with zero attached hydrogens (tertiary/aromatic N) is 3. The van der Waals surface area contributed by atoms with E-state index in [1.54, 1.807) is 24.8 Å². The molecule has 0 spiro atoms. The maximum atomic E-state index is 12.3. The van der Waals surface area contributed by atoms with Gasteiger partial charge in [0, 0.05) is 24.6 Å². The van der Waals surface area contributed by atoms with Gasteiger partial charge in [0.1, 0.15) is 17.5 Å². The van der Waals surface area contributed by atoms with Crippen molar-refractivity contribution < 1.29 is 5.11 Å². The van der Waals surface area contributed by atoms with Gasteiger partial charge in [0.15, 0.2) is 0 Å². The molecular formula is C18H20N6O2. The highest BCUT2D eigenvalue weighted by atomic mass is 16.3. The topological polar surface area (TPSA) is 116 Å². The Bertz CT molecular complexity index is 951. The molecule has 3 heterocycles. The van der Waals surface area contributed by atoms with Gasteiger partial charge in [0.25, 0.3) is 5.56 Å². The maximum Gasteiger partial charge on any atom is 0.259 e. The summed E-state index contributed by atoms with van der Waals surface area (Å²) in [4.78, 5) is 27.9. The first-order valence-corrected chi connectivity index (χ1v) is 8.69. The van der Waals surface area contributed by atoms with Gasteiger partial charge in [-0.2, -0.15) is 0 Å². The second kappa shape index (κ2) is 7.09. The predicted molar refractivity (Wildman–Crippen MR) is 99.6 cm³/mol. The van der Waals surface area contributed by atoms with E-state index in [-0.39, 0.29) is 17.7 Å². The van der Waals surface area contributed by atoms with E-state index < -0.39 is 0 Å². The highest BCUT2D eigenvalue weighted by Gasteiger charge is 2.21. The number of anilines is 3. The quantitative estimate of drug-likeness (QED) is 0.569. The molecule has 0 aromatic carbocycles. The van der Waals surface area contributed by atoms with Crippen LogP contribution in [0.2, 0.25) is 0 Å². The molecule has 8 heteroatoms. The Labute approximate surface area is 149 Å². The van der Waals surface area contributed by atoms with E-state index in [1.807, 2.05) is 12.1 Å². The average molecular weight is 352 g/mol. The summed E-state index contributed by atoms with van der Waals surface area (Å²) in [5.41, 5.74) is -0.181. The SMILES string of the molecule is O=c1[nH]ccc2cc(Nc3cnccn3)nc(N[C@H]3CC[C@H](O)CC3)c12. The number of aromatic nitrogens is 4. The van der Waals surface area contributed by atoms with E-state index in [1.165, 1.54) is 0 Å². The van der Waals surface area contributed by atoms with Crippen molar-refractivity contribution in [3.63, 3.8) is 0 Å². The minimum absolute atomic E-state index is 0.181. The lowest BCUT2D eigenvalue weighted by Gasteiger charge is -2.27. The summed E-state index contributed by atoms with van der Waals surface area (Å²) in [5, 5.41) is 17.5. The first kappa shape index (κ1) is 16.5. The minimum Gasteiger partial charge on any atom is -0.393 e. The largest absolute Gasteiger partial charge is 0.393 e. The lowest BCUT2D eigenvalue weighted by Crippen LogP contribution is -2.29. The molecule has 0 atom stereocenters. The van der Waals surface area contributed by atoms with Crippen molar-refractivity contribution in [3.8, 4) is 0 Å². The second-order valence-corrected chi connectivity index (χ2v) is 6.49. The molecule has 0 saturated heterocycles. The van der Waals surface area contributed by atoms with E-state index in [2.05, 4.69) is 30.6 Å². The predicted octanol–water partition coefficient (Wildman–Crippen LogP) is 2.17. The van der Waals surface area contributed by atoms with Crippen molar-refractivity contribution in [1.29, 1.82) is 0 Å². The van der Waals surface area contributed by atoms with Crippen LogP contribution in [0.5, 0.6) is 0 Å². The molecule has 1 saturated carbocycles. The Morgan fingerprint density at radius 3 is 2.77 bits per heavy atom. The molecule has 134 valence electrons. The number of rotatable bonds is 4. The number of H-pyrrole nitrogens is 1. The van der Waals surface area contributed by atoms with Crippen LogP contribution in [0.25, 0.3) is 10.8 Å². The normalized spacial score (nSPS) is 20.0. The summed E-state index contributed by atoms with van der Waals surface area (Å²) in [6.07, 6.45) is 9.40. The molecule has 8 nitrogen and oxygen atoms in total. The summed E-state index contributed by atoms with van der Waals surface area (Å²) in [6, 6.07) is 3.84. The molecule has 4 rings (SSSR count). The van der Waals surface area contributed by atoms with Gasteiger partial charge in [-0.25, -0.2) is 9.97 Å². The van der Waals surface area contributed by atoms with Crippen LogP contribution in [0.1, 0.15) is 25.7 Å². The van der Waals surface area contributed by atoms with E-state index in [4.69, 9.17) is 0 Å². The van der Waals surface area contributed by atoms with Gasteiger partial charge in [0.05, 0.1) is 17.7 Å². The number of fused-ring (bicyclic) bond motifs is 1. The summed E-state index contributed by atoms with van der Waals surface area (Å²) in [6.45, 7) is 0. The maximum absolute atomic E-state index is 12.3. The lowest BCUT2D eigenvalue weighted by molar-refractivity contribution is 0.126. The number of nitrogens with one attached hydrogen (secondary N) is 3. The monoisotopic (exact) mass is 352 g/mol. The van der Waals surface area contributed by atoms with Crippen LogP contribution < -0.4 is 16.2 Å². The van der Waals surface area contributed by atoms with E-state index in [0.717, 1.165) is 31.1 Å². The highest BCUT2D eigenvalue weighted by Crippen LogP contribution is 2.27. The van der Waals surface area contributed by atoms with Crippen molar-refractivity contribution in [2.24, 2.45) is 0 Å².